The molecule has 0 saturated carbocycles. The Balaban J connectivity index is 2.46. The van der Waals surface area contributed by atoms with Crippen molar-refractivity contribution in [2.75, 3.05) is 26.2 Å². The zero-order chi connectivity index (χ0) is 10.4. The Bertz CT molecular complexity index is 258. The van der Waals surface area contributed by atoms with Gasteiger partial charge in [-0.25, -0.2) is 0 Å². The lowest BCUT2D eigenvalue weighted by atomic mass is 10.4. The van der Waals surface area contributed by atoms with Crippen LogP contribution in [0, 0.1) is 0 Å². The molecular weight excluding hydrogens is 218 g/mol. The highest BCUT2D eigenvalue weighted by atomic mass is 35.5. The molecule has 0 aromatic carbocycles. The van der Waals surface area contributed by atoms with Crippen LogP contribution in [0.3, 0.4) is 0 Å². The molecule has 3 nitrogen and oxygen atoms in total. The molecule has 0 saturated heterocycles. The lowest BCUT2D eigenvalue weighted by Crippen LogP contribution is -2.33. The molecule has 5 heteroatoms. The lowest BCUT2D eigenvalue weighted by Gasteiger charge is -2.19. The average molecular weight is 234 g/mol. The molecule has 0 fully saturated rings. The zero-order valence-corrected chi connectivity index (χ0v) is 9.65. The summed E-state index contributed by atoms with van der Waals surface area (Å²) in [6.45, 7) is 3.99. The molecule has 0 aliphatic heterocycles. The Morgan fingerprint density at radius 1 is 1.21 bits per heavy atom. The first-order valence-corrected chi connectivity index (χ1v) is 5.82. The summed E-state index contributed by atoms with van der Waals surface area (Å²) in [6.07, 6.45) is 0. The van der Waals surface area contributed by atoms with Crippen LogP contribution in [-0.2, 0) is 6.54 Å². The quantitative estimate of drug-likeness (QED) is 0.775. The van der Waals surface area contributed by atoms with Gasteiger partial charge in [0.25, 0.3) is 0 Å². The average Bonchev–Trinajstić information content (AvgIpc) is 2.52. The van der Waals surface area contributed by atoms with Gasteiger partial charge in [0.2, 0.25) is 0 Å². The van der Waals surface area contributed by atoms with Crippen LogP contribution in [0.4, 0.5) is 0 Å². The molecule has 0 unspecified atom stereocenters. The van der Waals surface area contributed by atoms with Gasteiger partial charge < -0.3 is 11.5 Å². The molecule has 0 amide bonds. The number of thiophene rings is 1. The van der Waals surface area contributed by atoms with Gasteiger partial charge in [-0.2, -0.15) is 0 Å². The fourth-order valence-corrected chi connectivity index (χ4v) is 2.42. The van der Waals surface area contributed by atoms with E-state index in [9.17, 15) is 0 Å². The summed E-state index contributed by atoms with van der Waals surface area (Å²) in [4.78, 5) is 3.50. The molecule has 0 atom stereocenters. The first-order valence-electron chi connectivity index (χ1n) is 4.63. The molecule has 1 aromatic rings. The van der Waals surface area contributed by atoms with Crippen molar-refractivity contribution in [3.63, 3.8) is 0 Å². The highest BCUT2D eigenvalue weighted by Gasteiger charge is 2.05. The van der Waals surface area contributed by atoms with Gasteiger partial charge in [0.15, 0.2) is 0 Å². The van der Waals surface area contributed by atoms with Gasteiger partial charge in [0.05, 0.1) is 4.34 Å². The normalized spacial score (nSPS) is 11.1. The van der Waals surface area contributed by atoms with E-state index in [0.717, 1.165) is 24.0 Å². The molecule has 14 heavy (non-hydrogen) atoms. The molecule has 0 bridgehead atoms. The van der Waals surface area contributed by atoms with E-state index in [2.05, 4.69) is 4.90 Å². The van der Waals surface area contributed by atoms with Gasteiger partial charge in [0.1, 0.15) is 0 Å². The molecule has 0 aliphatic rings. The van der Waals surface area contributed by atoms with Crippen molar-refractivity contribution in [2.45, 2.75) is 6.54 Å². The summed E-state index contributed by atoms with van der Waals surface area (Å²) >= 11 is 7.46. The van der Waals surface area contributed by atoms with Crippen molar-refractivity contribution in [1.29, 1.82) is 0 Å². The molecule has 1 rings (SSSR count). The Kier molecular flexibility index (Phi) is 5.44. The van der Waals surface area contributed by atoms with Gasteiger partial charge in [-0.3, -0.25) is 4.90 Å². The zero-order valence-electron chi connectivity index (χ0n) is 8.08. The molecule has 1 aromatic heterocycles. The van der Waals surface area contributed by atoms with Crippen molar-refractivity contribution in [2.24, 2.45) is 11.5 Å². The van der Waals surface area contributed by atoms with Crippen LogP contribution in [0.5, 0.6) is 0 Å². The van der Waals surface area contributed by atoms with Crippen molar-refractivity contribution in [3.8, 4) is 0 Å². The first kappa shape index (κ1) is 11.9. The summed E-state index contributed by atoms with van der Waals surface area (Å²) in [5.74, 6) is 0. The number of nitrogens with two attached hydrogens (primary N) is 2. The van der Waals surface area contributed by atoms with Crippen molar-refractivity contribution < 1.29 is 0 Å². The highest BCUT2D eigenvalue weighted by molar-refractivity contribution is 7.16. The highest BCUT2D eigenvalue weighted by Crippen LogP contribution is 2.22. The Morgan fingerprint density at radius 3 is 2.29 bits per heavy atom. The summed E-state index contributed by atoms with van der Waals surface area (Å²) in [5.41, 5.74) is 11.0. The minimum atomic E-state index is 0.666. The van der Waals surface area contributed by atoms with Gasteiger partial charge in [-0.1, -0.05) is 11.6 Å². The predicted octanol–water partition coefficient (Wildman–Crippen LogP) is 1.12. The summed E-state index contributed by atoms with van der Waals surface area (Å²) < 4.78 is 0.834. The van der Waals surface area contributed by atoms with E-state index in [1.807, 2.05) is 12.1 Å². The maximum Gasteiger partial charge on any atom is 0.0931 e. The van der Waals surface area contributed by atoms with Crippen LogP contribution >= 0.6 is 22.9 Å². The fraction of sp³-hybridized carbons (Fsp3) is 0.556. The van der Waals surface area contributed by atoms with E-state index >= 15 is 0 Å². The SMILES string of the molecule is NCCN(CCN)Cc1ccc(Cl)s1. The molecule has 0 aliphatic carbocycles. The van der Waals surface area contributed by atoms with Crippen LogP contribution < -0.4 is 11.5 Å². The van der Waals surface area contributed by atoms with E-state index in [1.54, 1.807) is 11.3 Å². The van der Waals surface area contributed by atoms with Crippen LogP contribution in [0.15, 0.2) is 12.1 Å². The van der Waals surface area contributed by atoms with Crippen LogP contribution in [0.25, 0.3) is 0 Å². The third-order valence-corrected chi connectivity index (χ3v) is 3.11. The van der Waals surface area contributed by atoms with Gasteiger partial charge in [0, 0.05) is 37.6 Å². The number of nitrogens with zero attached hydrogens (tertiary/aromatic N) is 1. The lowest BCUT2D eigenvalue weighted by molar-refractivity contribution is 0.283. The summed E-state index contributed by atoms with van der Waals surface area (Å²) in [7, 11) is 0. The topological polar surface area (TPSA) is 55.3 Å². The van der Waals surface area contributed by atoms with Crippen LogP contribution in [0.2, 0.25) is 4.34 Å². The molecule has 1 heterocycles. The van der Waals surface area contributed by atoms with E-state index in [1.165, 1.54) is 4.88 Å². The van der Waals surface area contributed by atoms with E-state index in [-0.39, 0.29) is 0 Å². The summed E-state index contributed by atoms with van der Waals surface area (Å²) in [5, 5.41) is 0. The second-order valence-electron chi connectivity index (χ2n) is 3.06. The van der Waals surface area contributed by atoms with E-state index < -0.39 is 0 Å². The minimum absolute atomic E-state index is 0.666. The fourth-order valence-electron chi connectivity index (χ4n) is 1.29. The molecular formula is C9H16ClN3S. The van der Waals surface area contributed by atoms with Crippen LogP contribution in [0.1, 0.15) is 4.88 Å². The number of rotatable bonds is 6. The summed E-state index contributed by atoms with van der Waals surface area (Å²) in [6, 6.07) is 3.97. The van der Waals surface area contributed by atoms with Crippen LogP contribution in [-0.4, -0.2) is 31.1 Å². The van der Waals surface area contributed by atoms with Crippen molar-refractivity contribution >= 4 is 22.9 Å². The monoisotopic (exact) mass is 233 g/mol. The maximum atomic E-state index is 5.85. The molecule has 0 spiro atoms. The maximum absolute atomic E-state index is 5.85. The number of hydrogen-bond acceptors (Lipinski definition) is 4. The van der Waals surface area contributed by atoms with Crippen molar-refractivity contribution in [3.05, 3.63) is 21.3 Å². The Morgan fingerprint density at radius 2 is 1.86 bits per heavy atom. The standard InChI is InChI=1S/C9H16ClN3S/c10-9-2-1-8(14-9)7-13(5-3-11)6-4-12/h1-2H,3-7,11-12H2. The van der Waals surface area contributed by atoms with E-state index in [0.29, 0.717) is 13.1 Å². The van der Waals surface area contributed by atoms with Gasteiger partial charge in [-0.05, 0) is 12.1 Å². The second kappa shape index (κ2) is 6.37. The Labute approximate surface area is 93.6 Å². The molecule has 4 N–H and O–H groups in total. The van der Waals surface area contributed by atoms with Gasteiger partial charge in [-0.15, -0.1) is 11.3 Å². The van der Waals surface area contributed by atoms with Gasteiger partial charge >= 0.3 is 0 Å². The first-order chi connectivity index (χ1) is 6.76. The second-order valence-corrected chi connectivity index (χ2v) is 4.86. The minimum Gasteiger partial charge on any atom is -0.329 e. The van der Waals surface area contributed by atoms with Crippen molar-refractivity contribution in [1.82, 2.24) is 4.90 Å². The Hall–Kier alpha value is -0.130. The van der Waals surface area contributed by atoms with E-state index in [4.69, 9.17) is 23.1 Å². The third-order valence-electron chi connectivity index (χ3n) is 1.90. The predicted molar refractivity (Wildman–Crippen MR) is 62.7 cm³/mol. The number of hydrogen-bond donors (Lipinski definition) is 2. The third kappa shape index (κ3) is 3.94. The molecule has 0 radical (unpaired) electrons. The smallest absolute Gasteiger partial charge is 0.0931 e. The number of halogens is 1. The largest absolute Gasteiger partial charge is 0.329 e. The molecule has 80 valence electrons.